The summed E-state index contributed by atoms with van der Waals surface area (Å²) >= 11 is 6.04. The minimum atomic E-state index is -0.176. The third kappa shape index (κ3) is 4.18. The number of carbonyl (C=O) groups is 1. The Morgan fingerprint density at radius 3 is 2.40 bits per heavy atom. The van der Waals surface area contributed by atoms with E-state index < -0.39 is 0 Å². The first kappa shape index (κ1) is 19.7. The van der Waals surface area contributed by atoms with Crippen LogP contribution in [0.15, 0.2) is 85.3 Å². The molecular weight excluding hydrogens is 400 g/mol. The number of halogens is 1. The molecule has 1 amide bonds. The smallest absolute Gasteiger partial charge is 0.254 e. The largest absolute Gasteiger partial charge is 0.619 e. The Balaban J connectivity index is 1.68. The second-order valence-electron chi connectivity index (χ2n) is 6.90. The van der Waals surface area contributed by atoms with Crippen molar-refractivity contribution in [1.82, 2.24) is 14.7 Å². The van der Waals surface area contributed by atoms with Gasteiger partial charge in [-0.1, -0.05) is 41.9 Å². The minimum absolute atomic E-state index is 0.176. The summed E-state index contributed by atoms with van der Waals surface area (Å²) in [5.41, 5.74) is 3.97. The Kier molecular flexibility index (Phi) is 5.50. The highest BCUT2D eigenvalue weighted by atomic mass is 35.5. The zero-order valence-electron chi connectivity index (χ0n) is 16.3. The number of carbonyl (C=O) groups excluding carboxylic acids is 1. The van der Waals surface area contributed by atoms with Crippen molar-refractivity contribution in [3.63, 3.8) is 0 Å². The van der Waals surface area contributed by atoms with Gasteiger partial charge in [0.1, 0.15) is 0 Å². The molecule has 0 fully saturated rings. The molecule has 0 aliphatic rings. The van der Waals surface area contributed by atoms with Crippen LogP contribution in [0, 0.1) is 5.21 Å². The van der Waals surface area contributed by atoms with Crippen LogP contribution in [0.3, 0.4) is 0 Å². The fourth-order valence-electron chi connectivity index (χ4n) is 3.19. The summed E-state index contributed by atoms with van der Waals surface area (Å²) in [6, 6.07) is 20.3. The summed E-state index contributed by atoms with van der Waals surface area (Å²) in [6.07, 6.45) is 4.56. The average molecular weight is 419 g/mol. The lowest BCUT2D eigenvalue weighted by molar-refractivity contribution is -0.605. The number of benzene rings is 2. The zero-order valence-corrected chi connectivity index (χ0v) is 17.0. The van der Waals surface area contributed by atoms with Gasteiger partial charge in [-0.05, 0) is 24.3 Å². The van der Waals surface area contributed by atoms with E-state index in [4.69, 9.17) is 16.7 Å². The molecule has 0 atom stereocenters. The van der Waals surface area contributed by atoms with E-state index >= 15 is 0 Å². The Bertz CT molecular complexity index is 1160. The van der Waals surface area contributed by atoms with Crippen molar-refractivity contribution in [2.75, 3.05) is 7.05 Å². The second kappa shape index (κ2) is 8.39. The number of hydrogen-bond donors (Lipinski definition) is 0. The maximum atomic E-state index is 12.8. The molecule has 2 heterocycles. The predicted octanol–water partition coefficient (Wildman–Crippen LogP) is 4.10. The SMILES string of the molecule is CN(Cc1cn(-c2ccccc2)nc1-c1ccc(Cl)cc1)C(=O)c1cc[n+]([O-])cc1. The molecule has 4 rings (SSSR count). The standard InChI is InChI=1S/C23H19ClN4O2/c1-26(23(29)18-11-13-27(30)14-12-18)15-19-16-28(21-5-3-2-4-6-21)25-22(19)17-7-9-20(24)10-8-17/h2-14,16H,15H2,1H3. The number of amides is 1. The van der Waals surface area contributed by atoms with Gasteiger partial charge in [-0.3, -0.25) is 4.79 Å². The van der Waals surface area contributed by atoms with E-state index in [-0.39, 0.29) is 5.91 Å². The van der Waals surface area contributed by atoms with Crippen molar-refractivity contribution in [1.29, 1.82) is 0 Å². The fraction of sp³-hybridized carbons (Fsp3) is 0.0870. The summed E-state index contributed by atoms with van der Waals surface area (Å²) in [4.78, 5) is 14.4. The van der Waals surface area contributed by atoms with Crippen molar-refractivity contribution >= 4 is 17.5 Å². The second-order valence-corrected chi connectivity index (χ2v) is 7.33. The molecule has 7 heteroatoms. The van der Waals surface area contributed by atoms with E-state index in [1.807, 2.05) is 60.8 Å². The molecule has 0 aliphatic heterocycles. The van der Waals surface area contributed by atoms with Gasteiger partial charge in [0.15, 0.2) is 12.4 Å². The number of rotatable bonds is 5. The third-order valence-electron chi connectivity index (χ3n) is 4.73. The highest BCUT2D eigenvalue weighted by Crippen LogP contribution is 2.26. The Labute approximate surface area is 179 Å². The van der Waals surface area contributed by atoms with E-state index in [0.717, 1.165) is 22.5 Å². The number of nitrogens with zero attached hydrogens (tertiary/aromatic N) is 4. The van der Waals surface area contributed by atoms with E-state index in [2.05, 4.69) is 0 Å². The summed E-state index contributed by atoms with van der Waals surface area (Å²) in [7, 11) is 1.73. The van der Waals surface area contributed by atoms with Crippen LogP contribution in [0.2, 0.25) is 5.02 Å². The van der Waals surface area contributed by atoms with Gasteiger partial charge in [-0.2, -0.15) is 9.83 Å². The fourth-order valence-corrected chi connectivity index (χ4v) is 3.32. The van der Waals surface area contributed by atoms with Gasteiger partial charge < -0.3 is 10.1 Å². The van der Waals surface area contributed by atoms with E-state index in [1.165, 1.54) is 24.5 Å². The quantitative estimate of drug-likeness (QED) is 0.362. The average Bonchev–Trinajstić information content (AvgIpc) is 3.18. The van der Waals surface area contributed by atoms with E-state index in [9.17, 15) is 10.0 Å². The molecule has 6 nitrogen and oxygen atoms in total. The van der Waals surface area contributed by atoms with E-state index in [0.29, 0.717) is 21.9 Å². The first-order chi connectivity index (χ1) is 14.5. The maximum absolute atomic E-state index is 12.8. The molecular formula is C23H19ClN4O2. The first-order valence-electron chi connectivity index (χ1n) is 9.35. The van der Waals surface area contributed by atoms with Crippen molar-refractivity contribution in [3.05, 3.63) is 107 Å². The van der Waals surface area contributed by atoms with Crippen LogP contribution in [-0.4, -0.2) is 27.6 Å². The Hall–Kier alpha value is -3.64. The molecule has 30 heavy (non-hydrogen) atoms. The van der Waals surface area contributed by atoms with Crippen molar-refractivity contribution in [3.8, 4) is 16.9 Å². The lowest BCUT2D eigenvalue weighted by Crippen LogP contribution is -2.29. The molecule has 0 radical (unpaired) electrons. The van der Waals surface area contributed by atoms with Gasteiger partial charge in [-0.25, -0.2) is 4.68 Å². The molecule has 0 spiro atoms. The summed E-state index contributed by atoms with van der Waals surface area (Å²) in [5.74, 6) is -0.176. The minimum Gasteiger partial charge on any atom is -0.619 e. The van der Waals surface area contributed by atoms with E-state index in [1.54, 1.807) is 16.6 Å². The molecule has 0 saturated carbocycles. The van der Waals surface area contributed by atoms with Gasteiger partial charge in [0.2, 0.25) is 0 Å². The van der Waals surface area contributed by atoms with Gasteiger partial charge in [0.05, 0.1) is 16.9 Å². The molecule has 0 N–H and O–H groups in total. The van der Waals surface area contributed by atoms with Crippen LogP contribution in [-0.2, 0) is 6.54 Å². The number of para-hydroxylation sites is 1. The van der Waals surface area contributed by atoms with Crippen LogP contribution in [0.4, 0.5) is 0 Å². The van der Waals surface area contributed by atoms with Gasteiger partial charge >= 0.3 is 0 Å². The summed E-state index contributed by atoms with van der Waals surface area (Å²) in [6.45, 7) is 0.357. The molecule has 0 saturated heterocycles. The van der Waals surface area contributed by atoms with Crippen LogP contribution >= 0.6 is 11.6 Å². The molecule has 4 aromatic rings. The molecule has 150 valence electrons. The third-order valence-corrected chi connectivity index (χ3v) is 4.98. The Morgan fingerprint density at radius 1 is 1.07 bits per heavy atom. The highest BCUT2D eigenvalue weighted by molar-refractivity contribution is 6.30. The number of hydrogen-bond acceptors (Lipinski definition) is 3. The zero-order chi connectivity index (χ0) is 21.1. The summed E-state index contributed by atoms with van der Waals surface area (Å²) in [5, 5.41) is 16.7. The first-order valence-corrected chi connectivity index (χ1v) is 9.73. The normalized spacial score (nSPS) is 10.7. The lowest BCUT2D eigenvalue weighted by Gasteiger charge is -2.17. The van der Waals surface area contributed by atoms with Crippen LogP contribution in [0.5, 0.6) is 0 Å². The number of aromatic nitrogens is 3. The van der Waals surface area contributed by atoms with Crippen molar-refractivity contribution in [2.45, 2.75) is 6.54 Å². The number of pyridine rings is 1. The molecule has 0 bridgehead atoms. The van der Waals surface area contributed by atoms with Gasteiger partial charge in [0.25, 0.3) is 5.91 Å². The maximum Gasteiger partial charge on any atom is 0.254 e. The van der Waals surface area contributed by atoms with Gasteiger partial charge in [0, 0.05) is 48.1 Å². The molecule has 2 aromatic heterocycles. The lowest BCUT2D eigenvalue weighted by atomic mass is 10.1. The van der Waals surface area contributed by atoms with Crippen LogP contribution < -0.4 is 4.73 Å². The molecule has 0 unspecified atom stereocenters. The van der Waals surface area contributed by atoms with Crippen LogP contribution in [0.25, 0.3) is 16.9 Å². The van der Waals surface area contributed by atoms with Gasteiger partial charge in [-0.15, -0.1) is 0 Å². The predicted molar refractivity (Wildman–Crippen MR) is 115 cm³/mol. The molecule has 0 aliphatic carbocycles. The monoisotopic (exact) mass is 418 g/mol. The van der Waals surface area contributed by atoms with Crippen molar-refractivity contribution < 1.29 is 9.52 Å². The van der Waals surface area contributed by atoms with Crippen molar-refractivity contribution in [2.24, 2.45) is 0 Å². The van der Waals surface area contributed by atoms with Crippen LogP contribution in [0.1, 0.15) is 15.9 Å². The summed E-state index contributed by atoms with van der Waals surface area (Å²) < 4.78 is 2.46. The highest BCUT2D eigenvalue weighted by Gasteiger charge is 2.18. The Morgan fingerprint density at radius 2 is 1.73 bits per heavy atom. The topological polar surface area (TPSA) is 65.1 Å². The molecule has 2 aromatic carbocycles.